The van der Waals surface area contributed by atoms with Gasteiger partial charge in [0.1, 0.15) is 0 Å². The van der Waals surface area contributed by atoms with Crippen molar-refractivity contribution in [2.75, 3.05) is 0 Å². The maximum atomic E-state index is 14.2. The summed E-state index contributed by atoms with van der Waals surface area (Å²) in [4.78, 5) is 28.4. The Morgan fingerprint density at radius 1 is 0.909 bits per heavy atom. The quantitative estimate of drug-likeness (QED) is 0.678. The Balaban J connectivity index is 1.24. The summed E-state index contributed by atoms with van der Waals surface area (Å²) < 4.78 is 5.84. The third kappa shape index (κ3) is 1.18. The van der Waals surface area contributed by atoms with Crippen molar-refractivity contribution in [2.45, 2.75) is 76.4 Å². The average molecular weight is 442 g/mol. The molecule has 0 amide bonds. The minimum absolute atomic E-state index is 0.0165. The van der Waals surface area contributed by atoms with Crippen LogP contribution in [0.4, 0.5) is 0 Å². The predicted octanol–water partition coefficient (Wildman–Crippen LogP) is 3.68. The van der Waals surface area contributed by atoms with Crippen LogP contribution in [0.1, 0.15) is 75.7 Å². The zero-order chi connectivity index (χ0) is 22.0. The Labute approximate surface area is 192 Å². The molecule has 2 spiro atoms. The number of benzene rings is 1. The van der Waals surface area contributed by atoms with Crippen LogP contribution in [-0.4, -0.2) is 13.9 Å². The van der Waals surface area contributed by atoms with Crippen LogP contribution in [0.2, 0.25) is 0 Å². The molecule has 2 aliphatic heterocycles. The van der Waals surface area contributed by atoms with E-state index in [0.29, 0.717) is 17.8 Å². The van der Waals surface area contributed by atoms with Gasteiger partial charge >= 0.3 is 11.4 Å². The van der Waals surface area contributed by atoms with Crippen molar-refractivity contribution in [1.29, 1.82) is 0 Å². The number of aromatic nitrogens is 3. The first-order chi connectivity index (χ1) is 15.8. The molecule has 0 radical (unpaired) electrons. The van der Waals surface area contributed by atoms with Gasteiger partial charge in [-0.25, -0.2) is 23.5 Å². The highest BCUT2D eigenvalue weighted by molar-refractivity contribution is 5.61. The van der Waals surface area contributed by atoms with E-state index < -0.39 is 0 Å². The minimum Gasteiger partial charge on any atom is -0.246 e. The van der Waals surface area contributed by atoms with Gasteiger partial charge in [-0.3, -0.25) is 0 Å². The number of hydrogen-bond acceptors (Lipinski definition) is 2. The minimum atomic E-state index is 0.0165. The van der Waals surface area contributed by atoms with Crippen molar-refractivity contribution in [1.82, 2.24) is 13.9 Å². The molecule has 9 aliphatic rings. The van der Waals surface area contributed by atoms with Gasteiger partial charge in [0.05, 0.1) is 12.1 Å². The van der Waals surface area contributed by atoms with E-state index >= 15 is 0 Å². The number of aryl methyl sites for hydroxylation is 1. The van der Waals surface area contributed by atoms with Gasteiger partial charge in [-0.05, 0) is 83.7 Å². The smallest absolute Gasteiger partial charge is 0.246 e. The molecular weight excluding hydrogens is 410 g/mol. The lowest BCUT2D eigenvalue weighted by atomic mass is 9.04. The van der Waals surface area contributed by atoms with E-state index in [4.69, 9.17) is 0 Å². The lowest BCUT2D eigenvalue weighted by Gasteiger charge is -3.02. The van der Waals surface area contributed by atoms with E-state index in [0.717, 1.165) is 31.1 Å². The second-order valence-corrected chi connectivity index (χ2v) is 13.9. The van der Waals surface area contributed by atoms with Crippen molar-refractivity contribution in [2.24, 2.45) is 45.8 Å². The van der Waals surface area contributed by atoms with Crippen LogP contribution >= 0.6 is 0 Å². The van der Waals surface area contributed by atoms with Crippen LogP contribution in [-0.2, 0) is 11.8 Å². The number of rotatable bonds is 1. The van der Waals surface area contributed by atoms with Crippen molar-refractivity contribution in [3.63, 3.8) is 0 Å². The van der Waals surface area contributed by atoms with Gasteiger partial charge in [-0.15, -0.1) is 0 Å². The molecule has 5 heteroatoms. The topological polar surface area (TPSA) is 48.9 Å². The molecule has 11 rings (SSSR count). The summed E-state index contributed by atoms with van der Waals surface area (Å²) in [5.74, 6) is 3.49. The molecular formula is C28H31N3O2. The van der Waals surface area contributed by atoms with Gasteiger partial charge in [0, 0.05) is 16.9 Å². The van der Waals surface area contributed by atoms with Gasteiger partial charge in [-0.1, -0.05) is 45.0 Å². The highest BCUT2D eigenvalue weighted by Crippen LogP contribution is 3.03. The maximum absolute atomic E-state index is 14.2. The largest absolute Gasteiger partial charge is 0.347 e. The molecule has 0 N–H and O–H groups in total. The zero-order valence-electron chi connectivity index (χ0n) is 19.6. The second kappa shape index (κ2) is 4.35. The van der Waals surface area contributed by atoms with E-state index in [-0.39, 0.29) is 51.2 Å². The molecule has 5 nitrogen and oxygen atoms in total. The molecule has 33 heavy (non-hydrogen) atoms. The second-order valence-electron chi connectivity index (χ2n) is 13.9. The standard InChI is InChI=1S/C28H31N3O2/c1-25(2)14-9-10-26(25,3)16(12-14)29-23(32)30-21-17-18-20-19(17)27(21)11-8-13-6-4-5-7-15(13)28(20,27)22(18)31(30)24(29)33/h4-7,14,16-22H,8-12H2,1-3H3/t14-,16+,17+,18+,19+,20+,21-,22-,26-,27+,28+/m0/s1. The molecule has 0 saturated heterocycles. The maximum Gasteiger partial charge on any atom is 0.347 e. The first kappa shape index (κ1) is 17.4. The molecule has 170 valence electrons. The Kier molecular flexibility index (Phi) is 2.30. The third-order valence-corrected chi connectivity index (χ3v) is 14.2. The average Bonchev–Trinajstić information content (AvgIpc) is 3.24. The fourth-order valence-corrected chi connectivity index (χ4v) is 12.8. The molecule has 2 aromatic rings. The summed E-state index contributed by atoms with van der Waals surface area (Å²) in [7, 11) is 0. The van der Waals surface area contributed by atoms with Gasteiger partial charge in [-0.2, -0.15) is 0 Å². The lowest BCUT2D eigenvalue weighted by molar-refractivity contribution is -0.522. The van der Waals surface area contributed by atoms with Crippen LogP contribution in [0.15, 0.2) is 33.9 Å². The van der Waals surface area contributed by atoms with Crippen LogP contribution in [0.5, 0.6) is 0 Å². The van der Waals surface area contributed by atoms with Crippen LogP contribution in [0.25, 0.3) is 0 Å². The normalized spacial score (nSPS) is 55.4. The highest BCUT2D eigenvalue weighted by Gasteiger charge is 3.03. The molecule has 7 aliphatic carbocycles. The molecule has 0 unspecified atom stereocenters. The zero-order valence-corrected chi connectivity index (χ0v) is 19.6. The van der Waals surface area contributed by atoms with Gasteiger partial charge in [0.25, 0.3) is 0 Å². The predicted molar refractivity (Wildman–Crippen MR) is 122 cm³/mol. The fourth-order valence-electron chi connectivity index (χ4n) is 12.8. The summed E-state index contributed by atoms with van der Waals surface area (Å²) >= 11 is 0. The number of hydrogen-bond donors (Lipinski definition) is 0. The Hall–Kier alpha value is -2.04. The first-order valence-electron chi connectivity index (χ1n) is 13.4. The number of nitrogens with zero attached hydrogens (tertiary/aromatic N) is 3. The van der Waals surface area contributed by atoms with Crippen LogP contribution < -0.4 is 11.4 Å². The van der Waals surface area contributed by atoms with Gasteiger partial charge < -0.3 is 0 Å². The van der Waals surface area contributed by atoms with E-state index in [1.165, 1.54) is 24.0 Å². The van der Waals surface area contributed by atoms with Crippen LogP contribution in [0.3, 0.4) is 0 Å². The van der Waals surface area contributed by atoms with Gasteiger partial charge in [0.2, 0.25) is 0 Å². The van der Waals surface area contributed by atoms with Crippen molar-refractivity contribution < 1.29 is 0 Å². The van der Waals surface area contributed by atoms with Crippen molar-refractivity contribution >= 4 is 0 Å². The molecule has 3 heterocycles. The Morgan fingerprint density at radius 2 is 1.64 bits per heavy atom. The summed E-state index contributed by atoms with van der Waals surface area (Å²) in [5, 5.41) is 0. The SMILES string of the molecule is CC1(C)[C@H]2CC[C@@]1(C)[C@H](n1c(=O)n3n(c1=O)[C@H]1[C@@H]4[C@@H]5[C@@H]6[C@@H]4[C@]14c1ccccc1CC[C@]64[C@H]53)C2. The summed E-state index contributed by atoms with van der Waals surface area (Å²) in [6.07, 6.45) is 5.71. The highest BCUT2D eigenvalue weighted by atomic mass is 16.2. The van der Waals surface area contributed by atoms with E-state index in [1.807, 2.05) is 9.36 Å². The fraction of sp³-hybridized carbons (Fsp3) is 0.714. The van der Waals surface area contributed by atoms with E-state index in [2.05, 4.69) is 45.0 Å². The molecule has 1 aromatic carbocycles. The third-order valence-electron chi connectivity index (χ3n) is 14.2. The van der Waals surface area contributed by atoms with Gasteiger partial charge in [0.15, 0.2) is 0 Å². The number of fused-ring (bicyclic) bond motifs is 3. The first-order valence-corrected chi connectivity index (χ1v) is 13.4. The van der Waals surface area contributed by atoms with E-state index in [9.17, 15) is 9.59 Å². The molecule has 6 saturated carbocycles. The lowest BCUT2D eigenvalue weighted by Crippen LogP contribution is -3.02. The monoisotopic (exact) mass is 441 g/mol. The molecule has 11 atom stereocenters. The van der Waals surface area contributed by atoms with Crippen molar-refractivity contribution in [3.8, 4) is 0 Å². The van der Waals surface area contributed by atoms with Crippen molar-refractivity contribution in [3.05, 3.63) is 56.4 Å². The van der Waals surface area contributed by atoms with Crippen LogP contribution in [0, 0.1) is 45.8 Å². The summed E-state index contributed by atoms with van der Waals surface area (Å²) in [5.41, 5.74) is 3.69. The Bertz CT molecular complexity index is 1480. The molecule has 4 bridgehead atoms. The molecule has 1 aromatic heterocycles. The molecule has 6 fully saturated rings. The van der Waals surface area contributed by atoms with E-state index in [1.54, 1.807) is 4.57 Å². The summed E-state index contributed by atoms with van der Waals surface area (Å²) in [6.45, 7) is 7.12. The summed E-state index contributed by atoms with van der Waals surface area (Å²) in [6, 6.07) is 9.60. The Morgan fingerprint density at radius 3 is 2.36 bits per heavy atom.